The SMILES string of the molecule is S=C(Nc1ccc(Cl)cc1)NC1C[C@H]2CCC[C@H](C1)N2C1CCCCC1. The van der Waals surface area contributed by atoms with Crippen LogP contribution in [0.25, 0.3) is 0 Å². The second kappa shape index (κ2) is 8.45. The second-order valence-electron chi connectivity index (χ2n) is 8.25. The molecule has 0 amide bonds. The third-order valence-electron chi connectivity index (χ3n) is 6.46. The minimum atomic E-state index is 0.498. The number of hydrogen-bond acceptors (Lipinski definition) is 2. The first kappa shape index (κ1) is 18.5. The van der Waals surface area contributed by atoms with E-state index in [1.54, 1.807) is 0 Å². The van der Waals surface area contributed by atoms with Crippen molar-refractivity contribution >= 4 is 34.6 Å². The van der Waals surface area contributed by atoms with E-state index < -0.39 is 0 Å². The Morgan fingerprint density at radius 2 is 1.50 bits per heavy atom. The molecule has 3 aliphatic rings. The predicted molar refractivity (Wildman–Crippen MR) is 114 cm³/mol. The maximum Gasteiger partial charge on any atom is 0.170 e. The topological polar surface area (TPSA) is 27.3 Å². The van der Waals surface area contributed by atoms with Crippen molar-refractivity contribution in [3.8, 4) is 0 Å². The van der Waals surface area contributed by atoms with E-state index in [-0.39, 0.29) is 0 Å². The van der Waals surface area contributed by atoms with Crippen molar-refractivity contribution in [1.29, 1.82) is 0 Å². The highest BCUT2D eigenvalue weighted by Gasteiger charge is 2.41. The van der Waals surface area contributed by atoms with Crippen LogP contribution >= 0.6 is 23.8 Å². The number of thiocarbonyl (C=S) groups is 1. The second-order valence-corrected chi connectivity index (χ2v) is 9.10. The van der Waals surface area contributed by atoms with Gasteiger partial charge in [0.1, 0.15) is 0 Å². The van der Waals surface area contributed by atoms with Gasteiger partial charge in [0.15, 0.2) is 5.11 Å². The summed E-state index contributed by atoms with van der Waals surface area (Å²) in [7, 11) is 0. The number of anilines is 1. The van der Waals surface area contributed by atoms with Gasteiger partial charge in [0.25, 0.3) is 0 Å². The van der Waals surface area contributed by atoms with E-state index in [4.69, 9.17) is 23.8 Å². The maximum absolute atomic E-state index is 5.96. The number of halogens is 1. The Morgan fingerprint density at radius 1 is 0.885 bits per heavy atom. The van der Waals surface area contributed by atoms with Crippen molar-refractivity contribution in [3.63, 3.8) is 0 Å². The van der Waals surface area contributed by atoms with Gasteiger partial charge in [-0.2, -0.15) is 0 Å². The van der Waals surface area contributed by atoms with Crippen LogP contribution in [0, 0.1) is 0 Å². The van der Waals surface area contributed by atoms with Gasteiger partial charge in [-0.25, -0.2) is 0 Å². The molecule has 0 aromatic heterocycles. The van der Waals surface area contributed by atoms with Gasteiger partial charge < -0.3 is 10.6 Å². The molecule has 1 aliphatic carbocycles. The quantitative estimate of drug-likeness (QED) is 0.679. The van der Waals surface area contributed by atoms with Gasteiger partial charge in [-0.1, -0.05) is 37.3 Å². The molecule has 2 saturated heterocycles. The van der Waals surface area contributed by atoms with Crippen molar-refractivity contribution < 1.29 is 0 Å². The molecule has 3 fully saturated rings. The number of piperidine rings is 2. The zero-order valence-corrected chi connectivity index (χ0v) is 17.0. The smallest absolute Gasteiger partial charge is 0.170 e. The summed E-state index contributed by atoms with van der Waals surface area (Å²) in [6, 6.07) is 10.6. The number of rotatable bonds is 3. The lowest BCUT2D eigenvalue weighted by Crippen LogP contribution is -2.60. The third kappa shape index (κ3) is 4.35. The summed E-state index contributed by atoms with van der Waals surface area (Å²) in [6.07, 6.45) is 13.7. The number of hydrogen-bond donors (Lipinski definition) is 2. The number of nitrogens with zero attached hydrogens (tertiary/aromatic N) is 1. The Bertz CT molecular complexity index is 600. The number of fused-ring (bicyclic) bond motifs is 2. The molecular weight excluding hydrogens is 362 g/mol. The monoisotopic (exact) mass is 391 g/mol. The highest BCUT2D eigenvalue weighted by molar-refractivity contribution is 7.80. The summed E-state index contributed by atoms with van der Waals surface area (Å²) in [5.41, 5.74) is 0.992. The van der Waals surface area contributed by atoms with Crippen molar-refractivity contribution in [1.82, 2.24) is 10.2 Å². The lowest BCUT2D eigenvalue weighted by atomic mass is 9.78. The number of benzene rings is 1. The van der Waals surface area contributed by atoms with Crippen LogP contribution in [0.2, 0.25) is 5.02 Å². The average Bonchev–Trinajstić information content (AvgIpc) is 2.63. The molecular formula is C21H30ClN3S. The Kier molecular flexibility index (Phi) is 6.02. The minimum absolute atomic E-state index is 0.498. The predicted octanol–water partition coefficient (Wildman–Crippen LogP) is 5.34. The molecule has 0 unspecified atom stereocenters. The zero-order chi connectivity index (χ0) is 17.9. The van der Waals surface area contributed by atoms with Gasteiger partial charge >= 0.3 is 0 Å². The Morgan fingerprint density at radius 3 is 2.15 bits per heavy atom. The normalized spacial score (nSPS) is 30.0. The van der Waals surface area contributed by atoms with Gasteiger partial charge in [0, 0.05) is 34.9 Å². The van der Waals surface area contributed by atoms with Crippen LogP contribution in [-0.4, -0.2) is 34.2 Å². The standard InChI is InChI=1S/C21H30ClN3S/c22-15-9-11-16(12-10-15)23-21(26)24-17-13-19-7-4-8-20(14-17)25(19)18-5-2-1-3-6-18/h9-12,17-20H,1-8,13-14H2,(H2,23,24,26)/t19-,20-/m1/s1. The number of nitrogens with one attached hydrogen (secondary N) is 2. The molecule has 1 aromatic rings. The largest absolute Gasteiger partial charge is 0.360 e. The van der Waals surface area contributed by atoms with E-state index in [0.29, 0.717) is 6.04 Å². The summed E-state index contributed by atoms with van der Waals surface area (Å²) in [4.78, 5) is 2.93. The van der Waals surface area contributed by atoms with Crippen molar-refractivity contribution in [2.24, 2.45) is 0 Å². The molecule has 5 heteroatoms. The fourth-order valence-electron chi connectivity index (χ4n) is 5.40. The van der Waals surface area contributed by atoms with Crippen LogP contribution in [-0.2, 0) is 0 Å². The Hall–Kier alpha value is -0.840. The first-order valence-corrected chi connectivity index (χ1v) is 11.1. The summed E-state index contributed by atoms with van der Waals surface area (Å²) in [6.45, 7) is 0. The summed E-state index contributed by atoms with van der Waals surface area (Å²) in [5, 5.41) is 8.38. The molecule has 2 N–H and O–H groups in total. The van der Waals surface area contributed by atoms with E-state index in [1.165, 1.54) is 64.2 Å². The molecule has 3 nitrogen and oxygen atoms in total. The van der Waals surface area contributed by atoms with Gasteiger partial charge in [0.2, 0.25) is 0 Å². The van der Waals surface area contributed by atoms with Crippen LogP contribution in [0.4, 0.5) is 5.69 Å². The maximum atomic E-state index is 5.96. The Balaban J connectivity index is 1.34. The van der Waals surface area contributed by atoms with Crippen molar-refractivity contribution in [3.05, 3.63) is 29.3 Å². The van der Waals surface area contributed by atoms with Crippen molar-refractivity contribution in [2.45, 2.75) is 88.4 Å². The van der Waals surface area contributed by atoms with E-state index in [2.05, 4.69) is 15.5 Å². The molecule has 1 aromatic carbocycles. The third-order valence-corrected chi connectivity index (χ3v) is 6.94. The lowest BCUT2D eigenvalue weighted by Gasteiger charge is -2.53. The van der Waals surface area contributed by atoms with E-state index in [1.807, 2.05) is 24.3 Å². The molecule has 2 bridgehead atoms. The summed E-state index contributed by atoms with van der Waals surface area (Å²) in [5.74, 6) is 0. The summed E-state index contributed by atoms with van der Waals surface area (Å²) < 4.78 is 0. The molecule has 142 valence electrons. The molecule has 2 aliphatic heterocycles. The van der Waals surface area contributed by atoms with Crippen molar-refractivity contribution in [2.75, 3.05) is 5.32 Å². The van der Waals surface area contributed by atoms with Crippen LogP contribution in [0.5, 0.6) is 0 Å². The Labute approximate surface area is 167 Å². The van der Waals surface area contributed by atoms with E-state index in [9.17, 15) is 0 Å². The molecule has 0 radical (unpaired) electrons. The van der Waals surface area contributed by atoms with Gasteiger partial charge in [0.05, 0.1) is 0 Å². The molecule has 2 heterocycles. The molecule has 0 spiro atoms. The van der Waals surface area contributed by atoms with Crippen LogP contribution in [0.1, 0.15) is 64.2 Å². The van der Waals surface area contributed by atoms with E-state index >= 15 is 0 Å². The molecule has 2 atom stereocenters. The lowest BCUT2D eigenvalue weighted by molar-refractivity contribution is -0.0195. The molecule has 1 saturated carbocycles. The summed E-state index contributed by atoms with van der Waals surface area (Å²) >= 11 is 11.5. The first-order chi connectivity index (χ1) is 12.7. The van der Waals surface area contributed by atoms with Crippen LogP contribution in [0.3, 0.4) is 0 Å². The fraction of sp³-hybridized carbons (Fsp3) is 0.667. The van der Waals surface area contributed by atoms with Gasteiger partial charge in [-0.15, -0.1) is 0 Å². The molecule has 26 heavy (non-hydrogen) atoms. The zero-order valence-electron chi connectivity index (χ0n) is 15.4. The van der Waals surface area contributed by atoms with Crippen LogP contribution < -0.4 is 10.6 Å². The van der Waals surface area contributed by atoms with E-state index in [0.717, 1.165) is 33.9 Å². The molecule has 4 rings (SSSR count). The fourth-order valence-corrected chi connectivity index (χ4v) is 5.81. The first-order valence-electron chi connectivity index (χ1n) is 10.3. The van der Waals surface area contributed by atoms with Gasteiger partial charge in [-0.05, 0) is 75.0 Å². The minimum Gasteiger partial charge on any atom is -0.360 e. The average molecular weight is 392 g/mol. The van der Waals surface area contributed by atoms with Gasteiger partial charge in [-0.3, -0.25) is 4.90 Å². The highest BCUT2D eigenvalue weighted by Crippen LogP contribution is 2.39. The highest BCUT2D eigenvalue weighted by atomic mass is 35.5. The van der Waals surface area contributed by atoms with Crippen LogP contribution in [0.15, 0.2) is 24.3 Å².